The third kappa shape index (κ3) is 2.50. The lowest BCUT2D eigenvalue weighted by Gasteiger charge is -2.12. The highest BCUT2D eigenvalue weighted by Crippen LogP contribution is 2.21. The van der Waals surface area contributed by atoms with Gasteiger partial charge in [0.1, 0.15) is 11.8 Å². The molecule has 1 aromatic heterocycles. The van der Waals surface area contributed by atoms with Gasteiger partial charge in [-0.3, -0.25) is 4.90 Å². The summed E-state index contributed by atoms with van der Waals surface area (Å²) in [5, 5.41) is 11.4. The van der Waals surface area contributed by atoms with Gasteiger partial charge in [-0.1, -0.05) is 0 Å². The van der Waals surface area contributed by atoms with Gasteiger partial charge in [0, 0.05) is 29.1 Å². The number of carbonyl (C=O) groups excluding carboxylic acids is 1. The third-order valence-electron chi connectivity index (χ3n) is 2.39. The average molecular weight is 303 g/mol. The SMILES string of the molecule is COCC1CN(c2ccc(Br)[n+]([O-])c2)C(=O)O1. The van der Waals surface area contributed by atoms with Gasteiger partial charge in [-0.15, -0.1) is 0 Å². The van der Waals surface area contributed by atoms with Crippen LogP contribution in [0.3, 0.4) is 0 Å². The average Bonchev–Trinajstić information content (AvgIpc) is 2.64. The molecule has 6 nitrogen and oxygen atoms in total. The summed E-state index contributed by atoms with van der Waals surface area (Å²) >= 11 is 3.09. The first-order valence-corrected chi connectivity index (χ1v) is 5.77. The summed E-state index contributed by atoms with van der Waals surface area (Å²) in [6.45, 7) is 0.727. The Morgan fingerprint density at radius 2 is 2.47 bits per heavy atom. The predicted molar refractivity (Wildman–Crippen MR) is 62.6 cm³/mol. The molecule has 1 aliphatic heterocycles. The number of pyridine rings is 1. The van der Waals surface area contributed by atoms with Crippen molar-refractivity contribution >= 4 is 27.7 Å². The lowest BCUT2D eigenvalue weighted by molar-refractivity contribution is -0.616. The van der Waals surface area contributed by atoms with E-state index in [4.69, 9.17) is 9.47 Å². The maximum atomic E-state index is 11.6. The van der Waals surface area contributed by atoms with Crippen LogP contribution in [-0.4, -0.2) is 32.5 Å². The molecule has 1 atom stereocenters. The van der Waals surface area contributed by atoms with Gasteiger partial charge in [-0.25, -0.2) is 4.79 Å². The first-order chi connectivity index (χ1) is 8.11. The lowest BCUT2D eigenvalue weighted by Crippen LogP contribution is -2.32. The standard InChI is InChI=1S/C10H11BrN2O4/c1-16-6-8-5-12(10(14)17-8)7-2-3-9(11)13(15)4-7/h2-4,8H,5-6H2,1H3. The van der Waals surface area contributed by atoms with E-state index in [1.54, 1.807) is 19.2 Å². The number of methoxy groups -OCH3 is 1. The smallest absolute Gasteiger partial charge is 0.415 e. The molecule has 0 spiro atoms. The normalized spacial score (nSPS) is 19.5. The molecule has 17 heavy (non-hydrogen) atoms. The van der Waals surface area contributed by atoms with Crippen LogP contribution in [-0.2, 0) is 9.47 Å². The van der Waals surface area contributed by atoms with Crippen LogP contribution in [0, 0.1) is 5.21 Å². The molecule has 0 saturated carbocycles. The van der Waals surface area contributed by atoms with Crippen molar-refractivity contribution in [1.29, 1.82) is 0 Å². The third-order valence-corrected chi connectivity index (χ3v) is 3.00. The molecule has 1 fully saturated rings. The Kier molecular flexibility index (Phi) is 3.49. The topological polar surface area (TPSA) is 65.7 Å². The van der Waals surface area contributed by atoms with Crippen LogP contribution in [0.2, 0.25) is 0 Å². The molecule has 1 unspecified atom stereocenters. The Morgan fingerprint density at radius 1 is 1.71 bits per heavy atom. The minimum absolute atomic E-state index is 0.295. The van der Waals surface area contributed by atoms with Crippen LogP contribution < -0.4 is 9.63 Å². The zero-order valence-electron chi connectivity index (χ0n) is 9.13. The Hall–Kier alpha value is -1.34. The summed E-state index contributed by atoms with van der Waals surface area (Å²) < 4.78 is 11.0. The van der Waals surface area contributed by atoms with E-state index < -0.39 is 6.09 Å². The molecular formula is C10H11BrN2O4. The zero-order valence-corrected chi connectivity index (χ0v) is 10.7. The summed E-state index contributed by atoms with van der Waals surface area (Å²) in [5.41, 5.74) is 0.506. The van der Waals surface area contributed by atoms with Crippen molar-refractivity contribution in [3.8, 4) is 0 Å². The number of anilines is 1. The number of halogens is 1. The molecular weight excluding hydrogens is 292 g/mol. The quantitative estimate of drug-likeness (QED) is 0.476. The molecule has 0 bridgehead atoms. The minimum atomic E-state index is -0.464. The summed E-state index contributed by atoms with van der Waals surface area (Å²) in [6.07, 6.45) is 0.561. The van der Waals surface area contributed by atoms with Gasteiger partial charge < -0.3 is 14.7 Å². The second-order valence-corrected chi connectivity index (χ2v) is 4.42. The van der Waals surface area contributed by atoms with E-state index in [9.17, 15) is 10.0 Å². The van der Waals surface area contributed by atoms with E-state index in [-0.39, 0.29) is 6.10 Å². The van der Waals surface area contributed by atoms with Gasteiger partial charge in [-0.2, -0.15) is 4.73 Å². The monoisotopic (exact) mass is 302 g/mol. The van der Waals surface area contributed by atoms with Gasteiger partial charge in [-0.05, 0) is 6.07 Å². The van der Waals surface area contributed by atoms with Crippen molar-refractivity contribution in [3.63, 3.8) is 0 Å². The molecule has 2 rings (SSSR count). The zero-order chi connectivity index (χ0) is 12.4. The van der Waals surface area contributed by atoms with Crippen LogP contribution in [0.4, 0.5) is 10.5 Å². The Bertz CT molecular complexity index is 440. The molecule has 2 heterocycles. The molecule has 7 heteroatoms. The molecule has 1 aliphatic rings. The van der Waals surface area contributed by atoms with Crippen molar-refractivity contribution < 1.29 is 19.0 Å². The first-order valence-electron chi connectivity index (χ1n) is 4.97. The second kappa shape index (κ2) is 4.89. The van der Waals surface area contributed by atoms with Crippen LogP contribution in [0.5, 0.6) is 0 Å². The lowest BCUT2D eigenvalue weighted by atomic mass is 10.3. The van der Waals surface area contributed by atoms with Gasteiger partial charge in [0.25, 0.3) is 4.60 Å². The number of hydrogen-bond donors (Lipinski definition) is 0. The number of hydrogen-bond acceptors (Lipinski definition) is 4. The highest BCUT2D eigenvalue weighted by molar-refractivity contribution is 9.10. The number of cyclic esters (lactones) is 1. The van der Waals surface area contributed by atoms with Gasteiger partial charge in [0.15, 0.2) is 0 Å². The van der Waals surface area contributed by atoms with Crippen LogP contribution in [0.1, 0.15) is 0 Å². The van der Waals surface area contributed by atoms with E-state index >= 15 is 0 Å². The Morgan fingerprint density at radius 3 is 3.12 bits per heavy atom. The highest BCUT2D eigenvalue weighted by atomic mass is 79.9. The number of carbonyl (C=O) groups is 1. The van der Waals surface area contributed by atoms with E-state index in [0.717, 1.165) is 0 Å². The molecule has 1 aromatic rings. The number of rotatable bonds is 3. The summed E-state index contributed by atoms with van der Waals surface area (Å²) in [7, 11) is 1.54. The van der Waals surface area contributed by atoms with Gasteiger partial charge >= 0.3 is 6.09 Å². The largest absolute Gasteiger partial charge is 0.618 e. The van der Waals surface area contributed by atoms with Crippen molar-refractivity contribution in [2.24, 2.45) is 0 Å². The van der Waals surface area contributed by atoms with Crippen LogP contribution >= 0.6 is 15.9 Å². The van der Waals surface area contributed by atoms with Crippen molar-refractivity contribution in [1.82, 2.24) is 0 Å². The van der Waals surface area contributed by atoms with Crippen molar-refractivity contribution in [2.45, 2.75) is 6.10 Å². The van der Waals surface area contributed by atoms with Gasteiger partial charge in [0.05, 0.1) is 13.2 Å². The Labute approximate surface area is 106 Å². The number of amides is 1. The molecule has 92 valence electrons. The van der Waals surface area contributed by atoms with Crippen LogP contribution in [0.25, 0.3) is 0 Å². The summed E-state index contributed by atoms with van der Waals surface area (Å²) in [6, 6.07) is 3.26. The highest BCUT2D eigenvalue weighted by Gasteiger charge is 2.33. The Balaban J connectivity index is 2.17. The van der Waals surface area contributed by atoms with E-state index in [2.05, 4.69) is 15.9 Å². The summed E-state index contributed by atoms with van der Waals surface area (Å²) in [5.74, 6) is 0. The number of nitrogens with zero attached hydrogens (tertiary/aromatic N) is 2. The van der Waals surface area contributed by atoms with E-state index in [0.29, 0.717) is 28.2 Å². The van der Waals surface area contributed by atoms with E-state index in [1.165, 1.54) is 11.1 Å². The fraction of sp³-hybridized carbons (Fsp3) is 0.400. The maximum Gasteiger partial charge on any atom is 0.415 e. The first kappa shape index (κ1) is 12.1. The summed E-state index contributed by atoms with van der Waals surface area (Å²) in [4.78, 5) is 13.0. The van der Waals surface area contributed by atoms with Gasteiger partial charge in [0.2, 0.25) is 6.20 Å². The molecule has 0 aliphatic carbocycles. The molecule has 1 amide bonds. The molecule has 0 radical (unpaired) electrons. The number of aromatic nitrogens is 1. The molecule has 0 N–H and O–H groups in total. The minimum Gasteiger partial charge on any atom is -0.618 e. The molecule has 1 saturated heterocycles. The fourth-order valence-corrected chi connectivity index (χ4v) is 1.85. The fourth-order valence-electron chi connectivity index (χ4n) is 1.62. The maximum absolute atomic E-state index is 11.6. The van der Waals surface area contributed by atoms with Crippen LogP contribution in [0.15, 0.2) is 22.9 Å². The molecule has 0 aromatic carbocycles. The second-order valence-electron chi connectivity index (χ2n) is 3.61. The van der Waals surface area contributed by atoms with Crippen molar-refractivity contribution in [3.05, 3.63) is 28.1 Å². The van der Waals surface area contributed by atoms with Crippen molar-refractivity contribution in [2.75, 3.05) is 25.2 Å². The van der Waals surface area contributed by atoms with E-state index in [1.807, 2.05) is 0 Å². The number of ether oxygens (including phenoxy) is 2. The predicted octanol–water partition coefficient (Wildman–Crippen LogP) is 1.05.